The Morgan fingerprint density at radius 3 is 2.37 bits per heavy atom. The highest BCUT2D eigenvalue weighted by molar-refractivity contribution is 7.10. The standard InChI is InChI=1S/C13H20N2O3S/c1-8(9-6-5-7-19-9)14-12(18)15-10(11(16)17)13(2,3)4/h5-8,10H,1-4H3,(H,16,17)(H2,14,15,18). The largest absolute Gasteiger partial charge is 0.480 e. The Morgan fingerprint density at radius 2 is 1.95 bits per heavy atom. The number of hydrogen-bond acceptors (Lipinski definition) is 3. The van der Waals surface area contributed by atoms with Crippen LogP contribution in [0.1, 0.15) is 38.6 Å². The molecule has 1 aromatic heterocycles. The number of rotatable bonds is 4. The van der Waals surface area contributed by atoms with E-state index in [0.717, 1.165) is 4.88 Å². The molecule has 0 radical (unpaired) electrons. The van der Waals surface area contributed by atoms with Crippen LogP contribution in [0, 0.1) is 5.41 Å². The van der Waals surface area contributed by atoms with E-state index in [1.165, 1.54) is 0 Å². The maximum Gasteiger partial charge on any atom is 0.326 e. The number of hydrogen-bond donors (Lipinski definition) is 3. The molecule has 0 spiro atoms. The monoisotopic (exact) mass is 284 g/mol. The predicted molar refractivity (Wildman–Crippen MR) is 75.3 cm³/mol. The molecule has 0 aliphatic heterocycles. The smallest absolute Gasteiger partial charge is 0.326 e. The van der Waals surface area contributed by atoms with Gasteiger partial charge in [0.1, 0.15) is 6.04 Å². The first kappa shape index (κ1) is 15.5. The third-order valence-electron chi connectivity index (χ3n) is 2.71. The molecule has 2 amide bonds. The van der Waals surface area contributed by atoms with Crippen molar-refractivity contribution in [1.82, 2.24) is 10.6 Å². The minimum Gasteiger partial charge on any atom is -0.480 e. The summed E-state index contributed by atoms with van der Waals surface area (Å²) in [5.74, 6) is -1.04. The number of urea groups is 1. The molecule has 1 heterocycles. The molecule has 0 fully saturated rings. The zero-order valence-corrected chi connectivity index (χ0v) is 12.4. The van der Waals surface area contributed by atoms with Crippen molar-refractivity contribution in [3.8, 4) is 0 Å². The first-order valence-corrected chi connectivity index (χ1v) is 6.93. The molecule has 0 bridgehead atoms. The molecule has 5 nitrogen and oxygen atoms in total. The lowest BCUT2D eigenvalue weighted by Crippen LogP contribution is -2.52. The van der Waals surface area contributed by atoms with Gasteiger partial charge in [0.25, 0.3) is 0 Å². The maximum absolute atomic E-state index is 11.8. The van der Waals surface area contributed by atoms with E-state index in [-0.39, 0.29) is 6.04 Å². The van der Waals surface area contributed by atoms with Crippen LogP contribution in [-0.4, -0.2) is 23.1 Å². The van der Waals surface area contributed by atoms with Crippen molar-refractivity contribution in [2.24, 2.45) is 5.41 Å². The van der Waals surface area contributed by atoms with Crippen LogP contribution in [0.2, 0.25) is 0 Å². The van der Waals surface area contributed by atoms with E-state index in [9.17, 15) is 9.59 Å². The topological polar surface area (TPSA) is 78.4 Å². The number of carbonyl (C=O) groups is 2. The van der Waals surface area contributed by atoms with Gasteiger partial charge in [-0.1, -0.05) is 26.8 Å². The summed E-state index contributed by atoms with van der Waals surface area (Å²) in [7, 11) is 0. The molecule has 0 saturated heterocycles. The van der Waals surface area contributed by atoms with Gasteiger partial charge in [-0.2, -0.15) is 0 Å². The lowest BCUT2D eigenvalue weighted by atomic mass is 9.87. The Kier molecular flexibility index (Phi) is 4.94. The Labute approximate surface area is 117 Å². The van der Waals surface area contributed by atoms with Gasteiger partial charge >= 0.3 is 12.0 Å². The van der Waals surface area contributed by atoms with Crippen LogP contribution in [0.5, 0.6) is 0 Å². The van der Waals surface area contributed by atoms with Crippen LogP contribution in [0.15, 0.2) is 17.5 Å². The number of amides is 2. The molecule has 19 heavy (non-hydrogen) atoms. The second-order valence-electron chi connectivity index (χ2n) is 5.49. The highest BCUT2D eigenvalue weighted by Gasteiger charge is 2.32. The number of nitrogens with one attached hydrogen (secondary N) is 2. The van der Waals surface area contributed by atoms with Crippen LogP contribution in [0.4, 0.5) is 4.79 Å². The molecule has 0 aliphatic carbocycles. The fraction of sp³-hybridized carbons (Fsp3) is 0.538. The Morgan fingerprint density at radius 1 is 1.32 bits per heavy atom. The van der Waals surface area contributed by atoms with Gasteiger partial charge in [-0.3, -0.25) is 0 Å². The summed E-state index contributed by atoms with van der Waals surface area (Å²) >= 11 is 1.54. The number of carboxylic acids is 1. The Hall–Kier alpha value is -1.56. The van der Waals surface area contributed by atoms with Gasteiger partial charge < -0.3 is 15.7 Å². The van der Waals surface area contributed by atoms with E-state index >= 15 is 0 Å². The third kappa shape index (κ3) is 4.55. The van der Waals surface area contributed by atoms with Crippen molar-refractivity contribution in [2.75, 3.05) is 0 Å². The van der Waals surface area contributed by atoms with Crippen molar-refractivity contribution in [2.45, 2.75) is 39.8 Å². The number of carbonyl (C=O) groups excluding carboxylic acids is 1. The molecule has 0 aromatic carbocycles. The average molecular weight is 284 g/mol. The van der Waals surface area contributed by atoms with Crippen molar-refractivity contribution in [1.29, 1.82) is 0 Å². The van der Waals surface area contributed by atoms with Gasteiger partial charge in [0, 0.05) is 4.88 Å². The van der Waals surface area contributed by atoms with Gasteiger partial charge in [-0.25, -0.2) is 9.59 Å². The SMILES string of the molecule is CC(NC(=O)NC(C(=O)O)C(C)(C)C)c1cccs1. The molecule has 2 atom stereocenters. The first-order valence-electron chi connectivity index (χ1n) is 6.05. The van der Waals surface area contributed by atoms with Crippen LogP contribution in [-0.2, 0) is 4.79 Å². The minimum atomic E-state index is -1.04. The first-order chi connectivity index (χ1) is 8.71. The van der Waals surface area contributed by atoms with E-state index in [0.29, 0.717) is 0 Å². The molecular weight excluding hydrogens is 264 g/mol. The van der Waals surface area contributed by atoms with Crippen molar-refractivity contribution < 1.29 is 14.7 Å². The molecule has 1 aromatic rings. The lowest BCUT2D eigenvalue weighted by molar-refractivity contribution is -0.141. The summed E-state index contributed by atoms with van der Waals surface area (Å²) in [6, 6.07) is 2.29. The molecule has 0 saturated carbocycles. The maximum atomic E-state index is 11.8. The van der Waals surface area contributed by atoms with Gasteiger partial charge in [-0.15, -0.1) is 11.3 Å². The normalized spacial score (nSPS) is 14.5. The van der Waals surface area contributed by atoms with Crippen LogP contribution >= 0.6 is 11.3 Å². The molecule has 3 N–H and O–H groups in total. The molecule has 0 aliphatic rings. The fourth-order valence-electron chi connectivity index (χ4n) is 1.63. The van der Waals surface area contributed by atoms with Crippen molar-refractivity contribution in [3.05, 3.63) is 22.4 Å². The van der Waals surface area contributed by atoms with E-state index in [2.05, 4.69) is 10.6 Å². The quantitative estimate of drug-likeness (QED) is 0.795. The van der Waals surface area contributed by atoms with E-state index in [1.54, 1.807) is 32.1 Å². The second-order valence-corrected chi connectivity index (χ2v) is 6.47. The Balaban J connectivity index is 2.61. The van der Waals surface area contributed by atoms with Gasteiger partial charge in [-0.05, 0) is 23.8 Å². The lowest BCUT2D eigenvalue weighted by Gasteiger charge is -2.28. The molecular formula is C13H20N2O3S. The fourth-order valence-corrected chi connectivity index (χ4v) is 2.36. The number of thiophene rings is 1. The van der Waals surface area contributed by atoms with Crippen LogP contribution in [0.25, 0.3) is 0 Å². The van der Waals surface area contributed by atoms with Crippen molar-refractivity contribution >= 4 is 23.3 Å². The zero-order chi connectivity index (χ0) is 14.6. The number of aliphatic carboxylic acids is 1. The zero-order valence-electron chi connectivity index (χ0n) is 11.6. The van der Waals surface area contributed by atoms with Crippen LogP contribution < -0.4 is 10.6 Å². The highest BCUT2D eigenvalue weighted by atomic mass is 32.1. The second kappa shape index (κ2) is 6.06. The summed E-state index contributed by atoms with van der Waals surface area (Å²) in [6.45, 7) is 7.18. The molecule has 106 valence electrons. The summed E-state index contributed by atoms with van der Waals surface area (Å²) < 4.78 is 0. The predicted octanol–water partition coefficient (Wildman–Crippen LogP) is 2.61. The summed E-state index contributed by atoms with van der Waals surface area (Å²) in [5, 5.41) is 16.3. The summed E-state index contributed by atoms with van der Waals surface area (Å²) in [6.07, 6.45) is 0. The highest BCUT2D eigenvalue weighted by Crippen LogP contribution is 2.20. The van der Waals surface area contributed by atoms with E-state index < -0.39 is 23.5 Å². The van der Waals surface area contributed by atoms with Gasteiger partial charge in [0.2, 0.25) is 0 Å². The third-order valence-corrected chi connectivity index (χ3v) is 3.76. The molecule has 2 unspecified atom stereocenters. The van der Waals surface area contributed by atoms with E-state index in [4.69, 9.17) is 5.11 Å². The number of carboxylic acid groups (broad SMARTS) is 1. The van der Waals surface area contributed by atoms with Gasteiger partial charge in [0.15, 0.2) is 0 Å². The van der Waals surface area contributed by atoms with Crippen molar-refractivity contribution in [3.63, 3.8) is 0 Å². The summed E-state index contributed by atoms with van der Waals surface area (Å²) in [5.41, 5.74) is -0.546. The van der Waals surface area contributed by atoms with E-state index in [1.807, 2.05) is 24.4 Å². The Bertz CT molecular complexity index is 437. The van der Waals surface area contributed by atoms with Gasteiger partial charge in [0.05, 0.1) is 6.04 Å². The van der Waals surface area contributed by atoms with Crippen LogP contribution in [0.3, 0.4) is 0 Å². The molecule has 6 heteroatoms. The minimum absolute atomic E-state index is 0.144. The summed E-state index contributed by atoms with van der Waals surface area (Å²) in [4.78, 5) is 24.0. The average Bonchev–Trinajstić information content (AvgIpc) is 2.77. The molecule has 1 rings (SSSR count).